The van der Waals surface area contributed by atoms with Gasteiger partial charge >= 0.3 is 6.09 Å². The number of carbonyl (C=O) groups is 1. The number of hydrazine groups is 1. The molecule has 0 aliphatic carbocycles. The van der Waals surface area contributed by atoms with E-state index in [0.717, 1.165) is 23.5 Å². The van der Waals surface area contributed by atoms with Crippen molar-refractivity contribution < 1.29 is 9.53 Å². The summed E-state index contributed by atoms with van der Waals surface area (Å²) in [5, 5.41) is 5.08. The van der Waals surface area contributed by atoms with Gasteiger partial charge in [0.15, 0.2) is 0 Å². The van der Waals surface area contributed by atoms with Gasteiger partial charge in [0, 0.05) is 5.02 Å². The number of amides is 1. The molecular formula is C15H22ClN3O2. The minimum atomic E-state index is -0.771. The van der Waals surface area contributed by atoms with Crippen LogP contribution in [0.2, 0.25) is 5.02 Å². The zero-order chi connectivity index (χ0) is 15.7. The minimum Gasteiger partial charge on any atom is -0.443 e. The SMILES string of the molecule is CC(C)(C)OC(=O)N(N)C1(c2cccc(Cl)c2)CCCN1. The van der Waals surface area contributed by atoms with Gasteiger partial charge in [0.2, 0.25) is 0 Å². The van der Waals surface area contributed by atoms with Crippen LogP contribution in [0.5, 0.6) is 0 Å². The van der Waals surface area contributed by atoms with Crippen LogP contribution in [0.3, 0.4) is 0 Å². The van der Waals surface area contributed by atoms with E-state index in [1.165, 1.54) is 0 Å². The van der Waals surface area contributed by atoms with Crippen LogP contribution in [0.25, 0.3) is 0 Å². The summed E-state index contributed by atoms with van der Waals surface area (Å²) in [6.07, 6.45) is 1.07. The molecule has 1 amide bonds. The highest BCUT2D eigenvalue weighted by Crippen LogP contribution is 2.34. The van der Waals surface area contributed by atoms with Crippen molar-refractivity contribution in [3.05, 3.63) is 34.9 Å². The second-order valence-corrected chi connectivity index (χ2v) is 6.69. The number of carbonyl (C=O) groups excluding carboxylic acids is 1. The third kappa shape index (κ3) is 3.48. The van der Waals surface area contributed by atoms with E-state index in [-0.39, 0.29) is 0 Å². The summed E-state index contributed by atoms with van der Waals surface area (Å²) in [6, 6.07) is 7.38. The van der Waals surface area contributed by atoms with Gasteiger partial charge in [-0.25, -0.2) is 15.6 Å². The summed E-state index contributed by atoms with van der Waals surface area (Å²) in [7, 11) is 0. The molecule has 0 aromatic heterocycles. The molecule has 21 heavy (non-hydrogen) atoms. The van der Waals surface area contributed by atoms with E-state index in [9.17, 15) is 4.79 Å². The smallest absolute Gasteiger partial charge is 0.426 e. The first-order chi connectivity index (χ1) is 9.74. The molecule has 1 saturated heterocycles. The van der Waals surface area contributed by atoms with Gasteiger partial charge in [-0.2, -0.15) is 0 Å². The molecule has 0 bridgehead atoms. The summed E-state index contributed by atoms with van der Waals surface area (Å²) in [5.74, 6) is 6.10. The Morgan fingerprint density at radius 1 is 1.48 bits per heavy atom. The summed E-state index contributed by atoms with van der Waals surface area (Å²) in [4.78, 5) is 12.3. The van der Waals surface area contributed by atoms with Crippen molar-refractivity contribution in [3.63, 3.8) is 0 Å². The highest BCUT2D eigenvalue weighted by molar-refractivity contribution is 6.30. The lowest BCUT2D eigenvalue weighted by molar-refractivity contribution is -0.0105. The number of hydrogen-bond acceptors (Lipinski definition) is 4. The molecule has 2 rings (SSSR count). The molecule has 0 radical (unpaired) electrons. The van der Waals surface area contributed by atoms with Gasteiger partial charge in [-0.3, -0.25) is 5.32 Å². The molecule has 1 aromatic rings. The number of nitrogens with zero attached hydrogens (tertiary/aromatic N) is 1. The molecule has 1 heterocycles. The Balaban J connectivity index is 2.32. The first-order valence-electron chi connectivity index (χ1n) is 7.04. The molecular weight excluding hydrogens is 290 g/mol. The number of nitrogens with two attached hydrogens (primary N) is 1. The second kappa shape index (κ2) is 5.83. The van der Waals surface area contributed by atoms with Crippen molar-refractivity contribution in [2.45, 2.75) is 44.9 Å². The third-order valence-electron chi connectivity index (χ3n) is 3.44. The first kappa shape index (κ1) is 16.1. The summed E-state index contributed by atoms with van der Waals surface area (Å²) < 4.78 is 5.38. The van der Waals surface area contributed by atoms with E-state index >= 15 is 0 Å². The maximum atomic E-state index is 12.3. The third-order valence-corrected chi connectivity index (χ3v) is 3.67. The fourth-order valence-electron chi connectivity index (χ4n) is 2.53. The Kier molecular flexibility index (Phi) is 4.46. The standard InChI is InChI=1S/C15H22ClN3O2/c1-14(2,3)21-13(20)19(17)15(8-5-9-18-15)11-6-4-7-12(16)10-11/h4,6-7,10,18H,5,8-9,17H2,1-3H3. The maximum absolute atomic E-state index is 12.3. The number of halogens is 1. The van der Waals surface area contributed by atoms with Crippen LogP contribution in [0, 0.1) is 0 Å². The summed E-state index contributed by atoms with van der Waals surface area (Å²) >= 11 is 6.07. The van der Waals surface area contributed by atoms with Crippen LogP contribution in [0.1, 0.15) is 39.2 Å². The fraction of sp³-hybridized carbons (Fsp3) is 0.533. The Labute approximate surface area is 130 Å². The zero-order valence-corrected chi connectivity index (χ0v) is 13.4. The topological polar surface area (TPSA) is 67.6 Å². The zero-order valence-electron chi connectivity index (χ0n) is 12.6. The van der Waals surface area contributed by atoms with Gasteiger partial charge in [0.1, 0.15) is 11.3 Å². The van der Waals surface area contributed by atoms with Gasteiger partial charge in [0.05, 0.1) is 0 Å². The number of nitrogens with one attached hydrogen (secondary N) is 1. The molecule has 0 saturated carbocycles. The van der Waals surface area contributed by atoms with Gasteiger partial charge < -0.3 is 4.74 Å². The van der Waals surface area contributed by atoms with Crippen molar-refractivity contribution in [1.29, 1.82) is 0 Å². The predicted molar refractivity (Wildman–Crippen MR) is 82.6 cm³/mol. The van der Waals surface area contributed by atoms with E-state index in [2.05, 4.69) is 5.32 Å². The van der Waals surface area contributed by atoms with Crippen LogP contribution >= 0.6 is 11.6 Å². The van der Waals surface area contributed by atoms with Crippen molar-refractivity contribution >= 4 is 17.7 Å². The second-order valence-electron chi connectivity index (χ2n) is 6.25. The highest BCUT2D eigenvalue weighted by atomic mass is 35.5. The number of benzene rings is 1. The molecule has 5 nitrogen and oxygen atoms in total. The van der Waals surface area contributed by atoms with Crippen molar-refractivity contribution in [2.75, 3.05) is 6.54 Å². The van der Waals surface area contributed by atoms with Crippen molar-refractivity contribution in [2.24, 2.45) is 5.84 Å². The molecule has 1 aromatic carbocycles. The molecule has 3 N–H and O–H groups in total. The summed E-state index contributed by atoms with van der Waals surface area (Å²) in [6.45, 7) is 6.22. The minimum absolute atomic E-state index is 0.558. The quantitative estimate of drug-likeness (QED) is 0.500. The Morgan fingerprint density at radius 3 is 2.71 bits per heavy atom. The lowest BCUT2D eigenvalue weighted by Crippen LogP contribution is -2.59. The van der Waals surface area contributed by atoms with E-state index in [1.807, 2.05) is 39.0 Å². The molecule has 1 aliphatic rings. The maximum Gasteiger partial charge on any atom is 0.426 e. The Hall–Kier alpha value is -1.30. The van der Waals surface area contributed by atoms with E-state index < -0.39 is 17.4 Å². The van der Waals surface area contributed by atoms with Crippen LogP contribution in [-0.4, -0.2) is 23.2 Å². The monoisotopic (exact) mass is 311 g/mol. The molecule has 116 valence electrons. The van der Waals surface area contributed by atoms with Crippen molar-refractivity contribution in [1.82, 2.24) is 10.3 Å². The number of hydrogen-bond donors (Lipinski definition) is 2. The molecule has 6 heteroatoms. The van der Waals surface area contributed by atoms with Crippen LogP contribution < -0.4 is 11.2 Å². The fourth-order valence-corrected chi connectivity index (χ4v) is 2.72. The van der Waals surface area contributed by atoms with Gasteiger partial charge in [-0.05, 0) is 57.9 Å². The molecule has 1 aliphatic heterocycles. The molecule has 1 atom stereocenters. The molecule has 0 spiro atoms. The number of ether oxygens (including phenoxy) is 1. The Bertz CT molecular complexity index is 522. The average molecular weight is 312 g/mol. The number of rotatable bonds is 2. The van der Waals surface area contributed by atoms with Crippen LogP contribution in [-0.2, 0) is 10.4 Å². The predicted octanol–water partition coefficient (Wildman–Crippen LogP) is 2.99. The van der Waals surface area contributed by atoms with Crippen LogP contribution in [0.4, 0.5) is 4.79 Å². The Morgan fingerprint density at radius 2 is 2.19 bits per heavy atom. The van der Waals surface area contributed by atoms with E-state index in [0.29, 0.717) is 11.4 Å². The van der Waals surface area contributed by atoms with E-state index in [1.54, 1.807) is 6.07 Å². The largest absolute Gasteiger partial charge is 0.443 e. The lowest BCUT2D eigenvalue weighted by Gasteiger charge is -2.39. The van der Waals surface area contributed by atoms with Gasteiger partial charge in [-0.1, -0.05) is 23.7 Å². The van der Waals surface area contributed by atoms with Crippen molar-refractivity contribution in [3.8, 4) is 0 Å². The molecule has 1 unspecified atom stereocenters. The van der Waals surface area contributed by atoms with Gasteiger partial charge in [0.25, 0.3) is 0 Å². The van der Waals surface area contributed by atoms with Gasteiger partial charge in [-0.15, -0.1) is 0 Å². The average Bonchev–Trinajstić information content (AvgIpc) is 2.86. The summed E-state index contributed by atoms with van der Waals surface area (Å²) in [5.41, 5.74) is -0.503. The molecule has 1 fully saturated rings. The van der Waals surface area contributed by atoms with E-state index in [4.69, 9.17) is 22.2 Å². The highest BCUT2D eigenvalue weighted by Gasteiger charge is 2.44. The lowest BCUT2D eigenvalue weighted by atomic mass is 9.97. The first-order valence-corrected chi connectivity index (χ1v) is 7.41. The van der Waals surface area contributed by atoms with Crippen LogP contribution in [0.15, 0.2) is 24.3 Å². The normalized spacial score (nSPS) is 22.1.